The Morgan fingerprint density at radius 2 is 1.80 bits per heavy atom. The van der Waals surface area contributed by atoms with Crippen LogP contribution in [-0.2, 0) is 9.53 Å². The van der Waals surface area contributed by atoms with Gasteiger partial charge in [-0.1, -0.05) is 26.1 Å². The highest BCUT2D eigenvalue weighted by Gasteiger charge is 2.44. The van der Waals surface area contributed by atoms with Crippen LogP contribution in [0.5, 0.6) is 0 Å². The van der Waals surface area contributed by atoms with Crippen molar-refractivity contribution >= 4 is 14.0 Å². The number of esters is 1. The number of hydrogen-bond acceptors (Lipinski definition) is 2. The van der Waals surface area contributed by atoms with Crippen LogP contribution in [0.15, 0.2) is 11.3 Å². The Morgan fingerprint density at radius 1 is 1.20 bits per heavy atom. The van der Waals surface area contributed by atoms with Crippen molar-refractivity contribution in [3.63, 3.8) is 0 Å². The van der Waals surface area contributed by atoms with Gasteiger partial charge in [0.1, 0.15) is 5.60 Å². The SMILES string of the molecule is C[Si](C)(C)C1=CC2(CCCCC2)OC1=O. The zero-order valence-electron chi connectivity index (χ0n) is 9.93. The van der Waals surface area contributed by atoms with Crippen LogP contribution < -0.4 is 0 Å². The lowest BCUT2D eigenvalue weighted by molar-refractivity contribution is -0.148. The van der Waals surface area contributed by atoms with Crippen molar-refractivity contribution in [2.75, 3.05) is 0 Å². The van der Waals surface area contributed by atoms with E-state index in [4.69, 9.17) is 4.74 Å². The van der Waals surface area contributed by atoms with Crippen molar-refractivity contribution in [1.29, 1.82) is 0 Å². The second kappa shape index (κ2) is 3.48. The minimum absolute atomic E-state index is 0.0314. The van der Waals surface area contributed by atoms with E-state index in [0.29, 0.717) is 0 Å². The van der Waals surface area contributed by atoms with E-state index in [2.05, 4.69) is 25.7 Å². The minimum Gasteiger partial charge on any atom is -0.452 e. The number of carbonyl (C=O) groups is 1. The highest BCUT2D eigenvalue weighted by molar-refractivity contribution is 6.87. The molecule has 1 heterocycles. The second-order valence-corrected chi connectivity index (χ2v) is 10.9. The summed E-state index contributed by atoms with van der Waals surface area (Å²) in [5.41, 5.74) is -0.203. The van der Waals surface area contributed by atoms with E-state index >= 15 is 0 Å². The molecule has 2 rings (SSSR count). The van der Waals surface area contributed by atoms with E-state index in [-0.39, 0.29) is 11.6 Å². The fourth-order valence-corrected chi connectivity index (χ4v) is 3.87. The van der Waals surface area contributed by atoms with Crippen molar-refractivity contribution in [2.45, 2.75) is 57.3 Å². The minimum atomic E-state index is -1.51. The van der Waals surface area contributed by atoms with Gasteiger partial charge in [-0.15, -0.1) is 0 Å². The highest BCUT2D eigenvalue weighted by Crippen LogP contribution is 2.40. The molecule has 1 saturated carbocycles. The Bertz CT molecular complexity index is 306. The van der Waals surface area contributed by atoms with Gasteiger partial charge in [0.2, 0.25) is 0 Å². The third-order valence-corrected chi connectivity index (χ3v) is 5.40. The molecular weight excluding hydrogens is 204 g/mol. The van der Waals surface area contributed by atoms with E-state index in [1.54, 1.807) is 0 Å². The highest BCUT2D eigenvalue weighted by atomic mass is 28.3. The van der Waals surface area contributed by atoms with E-state index in [9.17, 15) is 4.79 Å². The topological polar surface area (TPSA) is 26.3 Å². The van der Waals surface area contributed by atoms with Gasteiger partial charge in [-0.2, -0.15) is 0 Å². The van der Waals surface area contributed by atoms with Gasteiger partial charge in [0.05, 0.1) is 8.07 Å². The molecular formula is C12H20O2Si. The molecule has 1 spiro atoms. The van der Waals surface area contributed by atoms with Crippen molar-refractivity contribution in [1.82, 2.24) is 0 Å². The van der Waals surface area contributed by atoms with Gasteiger partial charge in [-0.3, -0.25) is 0 Å². The first-order valence-electron chi connectivity index (χ1n) is 5.90. The van der Waals surface area contributed by atoms with E-state index in [1.807, 2.05) is 0 Å². The Balaban J connectivity index is 2.26. The normalized spacial score (nSPS) is 25.3. The molecule has 2 nitrogen and oxygen atoms in total. The largest absolute Gasteiger partial charge is 0.452 e. The molecule has 3 heteroatoms. The molecule has 0 unspecified atom stereocenters. The summed E-state index contributed by atoms with van der Waals surface area (Å²) in [5, 5.41) is 1.00. The molecule has 0 atom stereocenters. The van der Waals surface area contributed by atoms with Crippen LogP contribution in [0.25, 0.3) is 0 Å². The number of rotatable bonds is 1. The summed E-state index contributed by atoms with van der Waals surface area (Å²) in [5.74, 6) is -0.0314. The lowest BCUT2D eigenvalue weighted by Crippen LogP contribution is -2.30. The van der Waals surface area contributed by atoms with E-state index < -0.39 is 8.07 Å². The zero-order valence-corrected chi connectivity index (χ0v) is 10.9. The van der Waals surface area contributed by atoms with E-state index in [0.717, 1.165) is 18.0 Å². The van der Waals surface area contributed by atoms with Gasteiger partial charge in [-0.05, 0) is 31.8 Å². The molecule has 0 aromatic rings. The Kier molecular flexibility index (Phi) is 2.53. The predicted octanol–water partition coefficient (Wildman–Crippen LogP) is 3.05. The van der Waals surface area contributed by atoms with Crippen LogP contribution in [0.4, 0.5) is 0 Å². The predicted molar refractivity (Wildman–Crippen MR) is 63.3 cm³/mol. The molecule has 1 aliphatic carbocycles. The van der Waals surface area contributed by atoms with E-state index in [1.165, 1.54) is 19.3 Å². The van der Waals surface area contributed by atoms with Gasteiger partial charge >= 0.3 is 5.97 Å². The zero-order chi connectivity index (χ0) is 11.1. The maximum absolute atomic E-state index is 11.8. The smallest absolute Gasteiger partial charge is 0.330 e. The number of ether oxygens (including phenoxy) is 1. The summed E-state index contributed by atoms with van der Waals surface area (Å²) in [6.07, 6.45) is 7.92. The summed E-state index contributed by atoms with van der Waals surface area (Å²) in [6, 6.07) is 0. The Morgan fingerprint density at radius 3 is 2.27 bits per heavy atom. The van der Waals surface area contributed by atoms with Crippen LogP contribution in [0.2, 0.25) is 19.6 Å². The number of hydrogen-bond donors (Lipinski definition) is 0. The molecule has 1 aliphatic heterocycles. The maximum Gasteiger partial charge on any atom is 0.330 e. The van der Waals surface area contributed by atoms with Crippen LogP contribution in [-0.4, -0.2) is 19.6 Å². The molecule has 0 aromatic carbocycles. The van der Waals surface area contributed by atoms with Gasteiger partial charge in [0.15, 0.2) is 0 Å². The molecule has 0 amide bonds. The lowest BCUT2D eigenvalue weighted by Gasteiger charge is -2.30. The second-order valence-electron chi connectivity index (χ2n) is 5.82. The van der Waals surface area contributed by atoms with Crippen molar-refractivity contribution < 1.29 is 9.53 Å². The average molecular weight is 224 g/mol. The fraction of sp³-hybridized carbons (Fsp3) is 0.750. The lowest BCUT2D eigenvalue weighted by atomic mass is 9.85. The molecule has 84 valence electrons. The van der Waals surface area contributed by atoms with Crippen molar-refractivity contribution in [3.05, 3.63) is 11.3 Å². The third kappa shape index (κ3) is 2.02. The first-order chi connectivity index (χ1) is 6.93. The Hall–Kier alpha value is -0.573. The van der Waals surface area contributed by atoms with Crippen LogP contribution in [0.3, 0.4) is 0 Å². The molecule has 1 fully saturated rings. The molecule has 15 heavy (non-hydrogen) atoms. The maximum atomic E-state index is 11.8. The quantitative estimate of drug-likeness (QED) is 0.505. The molecule has 0 saturated heterocycles. The first-order valence-corrected chi connectivity index (χ1v) is 9.40. The van der Waals surface area contributed by atoms with Crippen LogP contribution >= 0.6 is 0 Å². The Labute approximate surface area is 92.7 Å². The van der Waals surface area contributed by atoms with Gasteiger partial charge in [0, 0.05) is 5.20 Å². The van der Waals surface area contributed by atoms with Gasteiger partial charge in [0.25, 0.3) is 0 Å². The molecule has 0 bridgehead atoms. The summed E-state index contributed by atoms with van der Waals surface area (Å²) in [7, 11) is -1.51. The third-order valence-electron chi connectivity index (χ3n) is 3.43. The molecule has 0 N–H and O–H groups in total. The fourth-order valence-electron chi connectivity index (χ4n) is 2.51. The summed E-state index contributed by atoms with van der Waals surface area (Å²) >= 11 is 0. The summed E-state index contributed by atoms with van der Waals surface area (Å²) < 4.78 is 5.63. The van der Waals surface area contributed by atoms with Crippen molar-refractivity contribution in [3.8, 4) is 0 Å². The van der Waals surface area contributed by atoms with Crippen LogP contribution in [0.1, 0.15) is 32.1 Å². The summed E-state index contributed by atoms with van der Waals surface area (Å²) in [4.78, 5) is 11.8. The first kappa shape index (κ1) is 10.9. The van der Waals surface area contributed by atoms with Gasteiger partial charge < -0.3 is 4.74 Å². The average Bonchev–Trinajstić information content (AvgIpc) is 2.44. The molecule has 0 radical (unpaired) electrons. The van der Waals surface area contributed by atoms with Crippen molar-refractivity contribution in [2.24, 2.45) is 0 Å². The standard InChI is InChI=1S/C12H20O2Si/c1-15(2,3)10-9-12(14-11(10)13)7-5-4-6-8-12/h9H,4-8H2,1-3H3. The molecule has 2 aliphatic rings. The summed E-state index contributed by atoms with van der Waals surface area (Å²) in [6.45, 7) is 6.63. The number of carbonyl (C=O) groups excluding carboxylic acids is 1. The van der Waals surface area contributed by atoms with Gasteiger partial charge in [-0.25, -0.2) is 4.79 Å². The molecule has 0 aromatic heterocycles. The monoisotopic (exact) mass is 224 g/mol. The van der Waals surface area contributed by atoms with Crippen LogP contribution in [0, 0.1) is 0 Å².